The van der Waals surface area contributed by atoms with E-state index in [9.17, 15) is 5.11 Å². The van der Waals surface area contributed by atoms with E-state index in [-0.39, 0.29) is 5.41 Å². The van der Waals surface area contributed by atoms with Crippen molar-refractivity contribution in [3.63, 3.8) is 0 Å². The molecule has 2 heteroatoms. The van der Waals surface area contributed by atoms with Crippen molar-refractivity contribution in [2.24, 2.45) is 10.8 Å². The monoisotopic (exact) mass is 227 g/mol. The number of nitrogens with zero attached hydrogens (tertiary/aromatic N) is 1. The van der Waals surface area contributed by atoms with Crippen molar-refractivity contribution >= 4 is 0 Å². The summed E-state index contributed by atoms with van der Waals surface area (Å²) in [6.45, 7) is 13.1. The average Bonchev–Trinajstić information content (AvgIpc) is 2.26. The molecule has 0 atom stereocenters. The third kappa shape index (κ3) is 4.06. The zero-order valence-corrected chi connectivity index (χ0v) is 11.6. The predicted molar refractivity (Wildman–Crippen MR) is 69.6 cm³/mol. The largest absolute Gasteiger partial charge is 0.396 e. The SMILES string of the molecule is CCC1(CO)CCN(CCC(C)(C)C)CC1. The van der Waals surface area contributed by atoms with Gasteiger partial charge in [-0.3, -0.25) is 0 Å². The minimum absolute atomic E-state index is 0.234. The molecule has 0 aromatic rings. The first-order chi connectivity index (χ1) is 7.41. The number of hydrogen-bond donors (Lipinski definition) is 1. The first-order valence-corrected chi connectivity index (χ1v) is 6.74. The summed E-state index contributed by atoms with van der Waals surface area (Å²) >= 11 is 0. The molecule has 0 bridgehead atoms. The molecule has 1 fully saturated rings. The molecule has 0 saturated carbocycles. The highest BCUT2D eigenvalue weighted by Gasteiger charge is 2.32. The summed E-state index contributed by atoms with van der Waals surface area (Å²) in [6.07, 6.45) is 4.73. The summed E-state index contributed by atoms with van der Waals surface area (Å²) in [7, 11) is 0. The van der Waals surface area contributed by atoms with Crippen molar-refractivity contribution in [3.05, 3.63) is 0 Å². The van der Waals surface area contributed by atoms with E-state index >= 15 is 0 Å². The first-order valence-electron chi connectivity index (χ1n) is 6.74. The lowest BCUT2D eigenvalue weighted by Gasteiger charge is -2.40. The molecular weight excluding hydrogens is 198 g/mol. The topological polar surface area (TPSA) is 23.5 Å². The molecule has 16 heavy (non-hydrogen) atoms. The van der Waals surface area contributed by atoms with Gasteiger partial charge in [-0.05, 0) is 56.1 Å². The Hall–Kier alpha value is -0.0800. The quantitative estimate of drug-likeness (QED) is 0.798. The lowest BCUT2D eigenvalue weighted by atomic mass is 9.77. The van der Waals surface area contributed by atoms with E-state index < -0.39 is 0 Å². The van der Waals surface area contributed by atoms with Crippen molar-refractivity contribution in [1.82, 2.24) is 4.90 Å². The second kappa shape index (κ2) is 5.50. The molecule has 0 aromatic carbocycles. The fraction of sp³-hybridized carbons (Fsp3) is 1.00. The van der Waals surface area contributed by atoms with Gasteiger partial charge >= 0.3 is 0 Å². The van der Waals surface area contributed by atoms with Gasteiger partial charge in [-0.2, -0.15) is 0 Å². The first kappa shape index (κ1) is 14.0. The van der Waals surface area contributed by atoms with Gasteiger partial charge in [0.1, 0.15) is 0 Å². The molecule has 0 radical (unpaired) electrons. The van der Waals surface area contributed by atoms with E-state index in [1.807, 2.05) is 0 Å². The van der Waals surface area contributed by atoms with E-state index in [1.165, 1.54) is 38.9 Å². The van der Waals surface area contributed by atoms with Gasteiger partial charge in [-0.1, -0.05) is 27.7 Å². The van der Waals surface area contributed by atoms with Gasteiger partial charge in [0.05, 0.1) is 0 Å². The zero-order valence-electron chi connectivity index (χ0n) is 11.6. The molecule has 0 aromatic heterocycles. The van der Waals surface area contributed by atoms with Crippen molar-refractivity contribution in [3.8, 4) is 0 Å². The molecule has 0 aliphatic carbocycles. The number of hydrogen-bond acceptors (Lipinski definition) is 2. The van der Waals surface area contributed by atoms with Gasteiger partial charge in [0, 0.05) is 6.61 Å². The van der Waals surface area contributed by atoms with Gasteiger partial charge in [0.25, 0.3) is 0 Å². The van der Waals surface area contributed by atoms with E-state index in [2.05, 4.69) is 32.6 Å². The van der Waals surface area contributed by atoms with E-state index in [0.29, 0.717) is 12.0 Å². The van der Waals surface area contributed by atoms with Crippen molar-refractivity contribution in [1.29, 1.82) is 0 Å². The minimum Gasteiger partial charge on any atom is -0.396 e. The maximum Gasteiger partial charge on any atom is 0.0488 e. The molecule has 1 saturated heterocycles. The molecule has 0 unspecified atom stereocenters. The molecule has 1 rings (SSSR count). The summed E-state index contributed by atoms with van der Waals surface area (Å²) in [4.78, 5) is 2.56. The van der Waals surface area contributed by atoms with Crippen LogP contribution in [0.25, 0.3) is 0 Å². The molecular formula is C14H29NO. The molecule has 0 amide bonds. The van der Waals surface area contributed by atoms with Crippen LogP contribution in [-0.2, 0) is 0 Å². The summed E-state index contributed by atoms with van der Waals surface area (Å²) in [5.74, 6) is 0. The van der Waals surface area contributed by atoms with Gasteiger partial charge in [-0.25, -0.2) is 0 Å². The Labute approximate surface area is 101 Å². The molecule has 1 aliphatic heterocycles. The predicted octanol–water partition coefficient (Wildman–Crippen LogP) is 2.91. The lowest BCUT2D eigenvalue weighted by Crippen LogP contribution is -2.42. The standard InChI is InChI=1S/C14H29NO/c1-5-14(12-16)7-10-15(11-8-14)9-6-13(2,3)4/h16H,5-12H2,1-4H3. The van der Waals surface area contributed by atoms with Crippen LogP contribution in [0.3, 0.4) is 0 Å². The Balaban J connectivity index is 2.32. The fourth-order valence-corrected chi connectivity index (χ4v) is 2.37. The van der Waals surface area contributed by atoms with Crippen molar-refractivity contribution in [2.75, 3.05) is 26.2 Å². The number of aliphatic hydroxyl groups excluding tert-OH is 1. The average molecular weight is 227 g/mol. The number of aliphatic hydroxyl groups is 1. The van der Waals surface area contributed by atoms with Crippen molar-refractivity contribution < 1.29 is 5.11 Å². The van der Waals surface area contributed by atoms with Gasteiger partial charge in [-0.15, -0.1) is 0 Å². The highest BCUT2D eigenvalue weighted by Crippen LogP contribution is 2.34. The molecule has 1 aliphatic rings. The molecule has 0 spiro atoms. The fourth-order valence-electron chi connectivity index (χ4n) is 2.37. The third-order valence-corrected chi connectivity index (χ3v) is 4.18. The highest BCUT2D eigenvalue weighted by atomic mass is 16.3. The lowest BCUT2D eigenvalue weighted by molar-refractivity contribution is 0.0376. The summed E-state index contributed by atoms with van der Waals surface area (Å²) < 4.78 is 0. The normalized spacial score (nSPS) is 22.3. The van der Waals surface area contributed by atoms with Crippen LogP contribution in [0.5, 0.6) is 0 Å². The van der Waals surface area contributed by atoms with Crippen molar-refractivity contribution in [2.45, 2.75) is 53.4 Å². The third-order valence-electron chi connectivity index (χ3n) is 4.18. The molecule has 1 heterocycles. The number of likely N-dealkylation sites (tertiary alicyclic amines) is 1. The Kier molecular flexibility index (Phi) is 4.81. The maximum absolute atomic E-state index is 9.47. The number of rotatable bonds is 4. The molecule has 1 N–H and O–H groups in total. The van der Waals surface area contributed by atoms with Gasteiger partial charge < -0.3 is 10.0 Å². The van der Waals surface area contributed by atoms with Crippen LogP contribution in [0, 0.1) is 10.8 Å². The zero-order chi connectivity index (χ0) is 12.2. The van der Waals surface area contributed by atoms with Gasteiger partial charge in [0.15, 0.2) is 0 Å². The Morgan fingerprint density at radius 1 is 1.19 bits per heavy atom. The molecule has 2 nitrogen and oxygen atoms in total. The second-order valence-electron chi connectivity index (χ2n) is 6.66. The Morgan fingerprint density at radius 3 is 2.12 bits per heavy atom. The number of piperidine rings is 1. The molecule has 96 valence electrons. The van der Waals surface area contributed by atoms with Crippen LogP contribution >= 0.6 is 0 Å². The van der Waals surface area contributed by atoms with Crippen LogP contribution in [0.1, 0.15) is 53.4 Å². The van der Waals surface area contributed by atoms with E-state index in [4.69, 9.17) is 0 Å². The van der Waals surface area contributed by atoms with Crippen LogP contribution in [0.2, 0.25) is 0 Å². The van der Waals surface area contributed by atoms with Crippen LogP contribution in [0.15, 0.2) is 0 Å². The van der Waals surface area contributed by atoms with E-state index in [0.717, 1.165) is 6.42 Å². The summed E-state index contributed by atoms with van der Waals surface area (Å²) in [6, 6.07) is 0. The van der Waals surface area contributed by atoms with E-state index in [1.54, 1.807) is 0 Å². The summed E-state index contributed by atoms with van der Waals surface area (Å²) in [5.41, 5.74) is 0.675. The van der Waals surface area contributed by atoms with Gasteiger partial charge in [0.2, 0.25) is 0 Å². The smallest absolute Gasteiger partial charge is 0.0488 e. The van der Waals surface area contributed by atoms with Crippen LogP contribution in [-0.4, -0.2) is 36.2 Å². The highest BCUT2D eigenvalue weighted by molar-refractivity contribution is 4.84. The second-order valence-corrected chi connectivity index (χ2v) is 6.66. The minimum atomic E-state index is 0.234. The van der Waals surface area contributed by atoms with Crippen LogP contribution < -0.4 is 0 Å². The summed E-state index contributed by atoms with van der Waals surface area (Å²) in [5, 5.41) is 9.47. The van der Waals surface area contributed by atoms with Crippen LogP contribution in [0.4, 0.5) is 0 Å². The maximum atomic E-state index is 9.47. The Morgan fingerprint density at radius 2 is 1.75 bits per heavy atom. The Bertz CT molecular complexity index is 193.